The van der Waals surface area contributed by atoms with Crippen molar-refractivity contribution in [3.05, 3.63) is 48.0 Å². The molecule has 4 heteroatoms. The second-order valence-electron chi connectivity index (χ2n) is 4.24. The maximum Gasteiger partial charge on any atom is 0.300 e. The first-order valence-electron chi connectivity index (χ1n) is 5.70. The quantitative estimate of drug-likeness (QED) is 0.672. The number of aryl methyl sites for hydroxylation is 1. The van der Waals surface area contributed by atoms with Crippen LogP contribution in [0.1, 0.15) is 5.56 Å². The Balaban J connectivity index is 1.92. The fourth-order valence-corrected chi connectivity index (χ4v) is 1.78. The molecule has 0 aliphatic rings. The zero-order valence-electron chi connectivity index (χ0n) is 9.97. The van der Waals surface area contributed by atoms with E-state index in [1.165, 1.54) is 0 Å². The minimum atomic E-state index is 0.486. The van der Waals surface area contributed by atoms with E-state index in [0.717, 1.165) is 28.0 Å². The Bertz CT molecular complexity index is 686. The molecular formula is C14H13N3O. The van der Waals surface area contributed by atoms with Crippen LogP contribution in [0.15, 0.2) is 46.9 Å². The molecule has 3 N–H and O–H groups in total. The smallest absolute Gasteiger partial charge is 0.300 e. The van der Waals surface area contributed by atoms with Crippen molar-refractivity contribution in [3.8, 4) is 0 Å². The van der Waals surface area contributed by atoms with Gasteiger partial charge in [-0.25, -0.2) is 0 Å². The van der Waals surface area contributed by atoms with E-state index in [1.807, 2.05) is 49.4 Å². The van der Waals surface area contributed by atoms with Gasteiger partial charge in [0.05, 0.1) is 0 Å². The zero-order valence-corrected chi connectivity index (χ0v) is 9.97. The highest BCUT2D eigenvalue weighted by atomic mass is 16.4. The van der Waals surface area contributed by atoms with Crippen LogP contribution in [0.2, 0.25) is 0 Å². The van der Waals surface area contributed by atoms with Gasteiger partial charge < -0.3 is 15.5 Å². The highest BCUT2D eigenvalue weighted by molar-refractivity contribution is 5.76. The predicted molar refractivity (Wildman–Crippen MR) is 72.9 cm³/mol. The van der Waals surface area contributed by atoms with Crippen molar-refractivity contribution in [2.75, 3.05) is 11.1 Å². The van der Waals surface area contributed by atoms with Crippen LogP contribution in [-0.4, -0.2) is 4.98 Å². The second kappa shape index (κ2) is 4.07. The molecule has 0 bridgehead atoms. The average Bonchev–Trinajstić information content (AvgIpc) is 2.73. The molecule has 0 unspecified atom stereocenters. The molecule has 0 saturated carbocycles. The Labute approximate surface area is 104 Å². The predicted octanol–water partition coefficient (Wildman–Crippen LogP) is 3.46. The van der Waals surface area contributed by atoms with Gasteiger partial charge in [-0.3, -0.25) is 0 Å². The molecule has 0 amide bonds. The molecule has 0 fully saturated rings. The number of aromatic nitrogens is 1. The molecule has 0 saturated heterocycles. The van der Waals surface area contributed by atoms with E-state index in [2.05, 4.69) is 10.3 Å². The topological polar surface area (TPSA) is 64.1 Å². The summed E-state index contributed by atoms with van der Waals surface area (Å²) in [5.74, 6) is 0. The number of fused-ring (bicyclic) bond motifs is 1. The zero-order chi connectivity index (χ0) is 12.5. The van der Waals surface area contributed by atoms with E-state index in [4.69, 9.17) is 10.2 Å². The molecule has 90 valence electrons. The standard InChI is InChI=1S/C14H13N3O/c1-9-2-7-12-13(8-9)18-14(17-12)16-11-5-3-10(15)4-6-11/h2-8H,15H2,1H3,(H,16,17). The molecular weight excluding hydrogens is 226 g/mol. The van der Waals surface area contributed by atoms with E-state index in [1.54, 1.807) is 0 Å². The Hall–Kier alpha value is -2.49. The van der Waals surface area contributed by atoms with Crippen LogP contribution in [0.25, 0.3) is 11.1 Å². The Kier molecular flexibility index (Phi) is 2.41. The molecule has 0 aliphatic heterocycles. The molecule has 18 heavy (non-hydrogen) atoms. The van der Waals surface area contributed by atoms with Crippen LogP contribution in [-0.2, 0) is 0 Å². The van der Waals surface area contributed by atoms with Gasteiger partial charge in [-0.15, -0.1) is 0 Å². The summed E-state index contributed by atoms with van der Waals surface area (Å²) in [6.45, 7) is 2.02. The summed E-state index contributed by atoms with van der Waals surface area (Å²) in [7, 11) is 0. The van der Waals surface area contributed by atoms with Gasteiger partial charge >= 0.3 is 0 Å². The molecule has 2 aromatic carbocycles. The first-order valence-corrected chi connectivity index (χ1v) is 5.70. The van der Waals surface area contributed by atoms with E-state index < -0.39 is 0 Å². The van der Waals surface area contributed by atoms with Crippen molar-refractivity contribution in [1.82, 2.24) is 4.98 Å². The van der Waals surface area contributed by atoms with Gasteiger partial charge in [0.2, 0.25) is 0 Å². The number of nitrogens with two attached hydrogens (primary N) is 1. The van der Waals surface area contributed by atoms with E-state index >= 15 is 0 Å². The average molecular weight is 239 g/mol. The lowest BCUT2D eigenvalue weighted by Gasteiger charge is -2.00. The van der Waals surface area contributed by atoms with Crippen LogP contribution < -0.4 is 11.1 Å². The molecule has 0 aliphatic carbocycles. The van der Waals surface area contributed by atoms with Gasteiger partial charge in [0.25, 0.3) is 6.01 Å². The van der Waals surface area contributed by atoms with Crippen LogP contribution in [0.4, 0.5) is 17.4 Å². The summed E-state index contributed by atoms with van der Waals surface area (Å²) in [4.78, 5) is 4.36. The molecule has 1 heterocycles. The summed E-state index contributed by atoms with van der Waals surface area (Å²) in [6.07, 6.45) is 0. The Morgan fingerprint density at radius 3 is 2.67 bits per heavy atom. The third-order valence-corrected chi connectivity index (χ3v) is 2.71. The number of hydrogen-bond acceptors (Lipinski definition) is 4. The van der Waals surface area contributed by atoms with Crippen molar-refractivity contribution < 1.29 is 4.42 Å². The second-order valence-corrected chi connectivity index (χ2v) is 4.24. The molecule has 3 aromatic rings. The Morgan fingerprint density at radius 1 is 1.11 bits per heavy atom. The van der Waals surface area contributed by atoms with Gasteiger partial charge in [0.15, 0.2) is 5.58 Å². The number of benzene rings is 2. The fourth-order valence-electron chi connectivity index (χ4n) is 1.78. The maximum atomic E-state index is 5.63. The fraction of sp³-hybridized carbons (Fsp3) is 0.0714. The first kappa shape index (κ1) is 10.7. The lowest BCUT2D eigenvalue weighted by molar-refractivity contribution is 0.623. The molecule has 4 nitrogen and oxygen atoms in total. The number of nitrogen functional groups attached to an aromatic ring is 1. The van der Waals surface area contributed by atoms with Crippen molar-refractivity contribution >= 4 is 28.5 Å². The van der Waals surface area contributed by atoms with E-state index in [0.29, 0.717) is 6.01 Å². The SMILES string of the molecule is Cc1ccc2nc(Nc3ccc(N)cc3)oc2c1. The summed E-state index contributed by atoms with van der Waals surface area (Å²) >= 11 is 0. The van der Waals surface area contributed by atoms with Gasteiger partial charge in [-0.2, -0.15) is 4.98 Å². The van der Waals surface area contributed by atoms with Gasteiger partial charge in [0, 0.05) is 11.4 Å². The van der Waals surface area contributed by atoms with Crippen molar-refractivity contribution in [3.63, 3.8) is 0 Å². The lowest BCUT2D eigenvalue weighted by atomic mass is 10.2. The van der Waals surface area contributed by atoms with Crippen LogP contribution in [0, 0.1) is 6.92 Å². The first-order chi connectivity index (χ1) is 8.70. The summed E-state index contributed by atoms with van der Waals surface area (Å²) in [6, 6.07) is 13.8. The van der Waals surface area contributed by atoms with E-state index in [-0.39, 0.29) is 0 Å². The summed E-state index contributed by atoms with van der Waals surface area (Å²) < 4.78 is 5.63. The summed E-state index contributed by atoms with van der Waals surface area (Å²) in [5.41, 5.74) is 10.0. The molecule has 0 spiro atoms. The van der Waals surface area contributed by atoms with Crippen molar-refractivity contribution in [2.45, 2.75) is 6.92 Å². The largest absolute Gasteiger partial charge is 0.423 e. The van der Waals surface area contributed by atoms with Crippen LogP contribution in [0.5, 0.6) is 0 Å². The molecule has 3 rings (SSSR count). The monoisotopic (exact) mass is 239 g/mol. The molecule has 1 aromatic heterocycles. The Morgan fingerprint density at radius 2 is 1.89 bits per heavy atom. The molecule has 0 atom stereocenters. The minimum absolute atomic E-state index is 0.486. The number of oxazole rings is 1. The van der Waals surface area contributed by atoms with Gasteiger partial charge in [-0.05, 0) is 48.9 Å². The minimum Gasteiger partial charge on any atom is -0.423 e. The highest BCUT2D eigenvalue weighted by Gasteiger charge is 2.05. The highest BCUT2D eigenvalue weighted by Crippen LogP contribution is 2.23. The van der Waals surface area contributed by atoms with Crippen LogP contribution >= 0.6 is 0 Å². The number of hydrogen-bond donors (Lipinski definition) is 2. The van der Waals surface area contributed by atoms with Gasteiger partial charge in [-0.1, -0.05) is 6.07 Å². The van der Waals surface area contributed by atoms with Gasteiger partial charge in [0.1, 0.15) is 5.52 Å². The number of rotatable bonds is 2. The third-order valence-electron chi connectivity index (χ3n) is 2.71. The maximum absolute atomic E-state index is 5.63. The van der Waals surface area contributed by atoms with Crippen molar-refractivity contribution in [1.29, 1.82) is 0 Å². The number of nitrogens with one attached hydrogen (secondary N) is 1. The molecule has 0 radical (unpaired) electrons. The summed E-state index contributed by atoms with van der Waals surface area (Å²) in [5, 5.41) is 3.11. The lowest BCUT2D eigenvalue weighted by Crippen LogP contribution is -1.90. The third kappa shape index (κ3) is 2.00. The normalized spacial score (nSPS) is 10.7. The van der Waals surface area contributed by atoms with Crippen molar-refractivity contribution in [2.24, 2.45) is 0 Å². The number of nitrogens with zero attached hydrogens (tertiary/aromatic N) is 1. The van der Waals surface area contributed by atoms with Crippen LogP contribution in [0.3, 0.4) is 0 Å². The van der Waals surface area contributed by atoms with E-state index in [9.17, 15) is 0 Å². The number of anilines is 3.